The fraction of sp³-hybridized carbons (Fsp3) is 0.400. The molecule has 0 amide bonds. The van der Waals surface area contributed by atoms with Crippen LogP contribution in [-0.2, 0) is 16.6 Å². The zero-order valence-electron chi connectivity index (χ0n) is 9.60. The number of rotatable bonds is 5. The highest BCUT2D eigenvalue weighted by Crippen LogP contribution is 2.09. The number of hydrogen-bond acceptors (Lipinski definition) is 4. The van der Waals surface area contributed by atoms with E-state index in [0.29, 0.717) is 34.5 Å². The van der Waals surface area contributed by atoms with Crippen molar-refractivity contribution in [2.75, 3.05) is 25.1 Å². The summed E-state index contributed by atoms with van der Waals surface area (Å²) < 4.78 is 11.7. The van der Waals surface area contributed by atoms with Crippen molar-refractivity contribution in [1.82, 2.24) is 15.6 Å². The molecule has 1 aromatic rings. The number of thiocarbonyl (C=S) groups is 1. The summed E-state index contributed by atoms with van der Waals surface area (Å²) in [4.78, 5) is 4.10. The van der Waals surface area contributed by atoms with E-state index in [1.54, 1.807) is 25.4 Å². The summed E-state index contributed by atoms with van der Waals surface area (Å²) in [5.41, 5.74) is 6.99. The van der Waals surface area contributed by atoms with Crippen LogP contribution >= 0.6 is 12.2 Å². The van der Waals surface area contributed by atoms with Gasteiger partial charge in [-0.15, -0.1) is 0 Å². The molecule has 0 saturated heterocycles. The van der Waals surface area contributed by atoms with E-state index >= 15 is 0 Å². The molecule has 0 aliphatic rings. The van der Waals surface area contributed by atoms with Gasteiger partial charge in [0, 0.05) is 36.3 Å². The Kier molecular flexibility index (Phi) is 5.85. The molecule has 7 heteroatoms. The van der Waals surface area contributed by atoms with Crippen LogP contribution in [0, 0.1) is 0 Å². The number of pyridine rings is 1. The van der Waals surface area contributed by atoms with Crippen LogP contribution in [0.2, 0.25) is 0 Å². The molecule has 0 aromatic carbocycles. The van der Waals surface area contributed by atoms with Gasteiger partial charge in [0.05, 0.1) is 17.1 Å². The Bertz CT molecular complexity index is 411. The van der Waals surface area contributed by atoms with E-state index in [1.165, 1.54) is 0 Å². The fourth-order valence-corrected chi connectivity index (χ4v) is 2.28. The van der Waals surface area contributed by atoms with Gasteiger partial charge in [0.1, 0.15) is 0 Å². The molecule has 1 atom stereocenters. The third-order valence-electron chi connectivity index (χ3n) is 2.07. The van der Waals surface area contributed by atoms with Crippen LogP contribution in [0.4, 0.5) is 5.69 Å². The standard InChI is InChI=1S/C10H16N4OS2/c1-12-10(16)14-5-6-17(15)7-9-8(11)3-2-4-13-9/h2-4H,5-7,11H2,1H3,(H2,12,14,16). The first-order chi connectivity index (χ1) is 8.13. The second-order valence-corrected chi connectivity index (χ2v) is 5.32. The largest absolute Gasteiger partial charge is 0.397 e. The molecule has 1 rings (SSSR count). The van der Waals surface area contributed by atoms with E-state index in [0.717, 1.165) is 0 Å². The molecule has 0 aliphatic heterocycles. The lowest BCUT2D eigenvalue weighted by atomic mass is 10.3. The van der Waals surface area contributed by atoms with Crippen molar-refractivity contribution in [3.63, 3.8) is 0 Å². The second-order valence-electron chi connectivity index (χ2n) is 3.33. The Labute approximate surface area is 109 Å². The third-order valence-corrected chi connectivity index (χ3v) is 3.67. The summed E-state index contributed by atoms with van der Waals surface area (Å²) in [7, 11) is 0.745. The predicted octanol–water partition coefficient (Wildman–Crippen LogP) is 0.00640. The average Bonchev–Trinajstić information content (AvgIpc) is 2.32. The van der Waals surface area contributed by atoms with Crippen molar-refractivity contribution in [1.29, 1.82) is 0 Å². The van der Waals surface area contributed by atoms with E-state index < -0.39 is 10.8 Å². The van der Waals surface area contributed by atoms with E-state index in [4.69, 9.17) is 18.0 Å². The minimum Gasteiger partial charge on any atom is -0.397 e. The molecule has 0 fully saturated rings. The quantitative estimate of drug-likeness (QED) is 0.655. The minimum absolute atomic E-state index is 0.376. The van der Waals surface area contributed by atoms with Crippen LogP contribution in [-0.4, -0.2) is 33.7 Å². The number of nitrogen functional groups attached to an aromatic ring is 1. The number of anilines is 1. The summed E-state index contributed by atoms with van der Waals surface area (Å²) >= 11 is 4.90. The molecular formula is C10H16N4OS2. The number of aromatic nitrogens is 1. The van der Waals surface area contributed by atoms with Crippen LogP contribution in [0.1, 0.15) is 5.69 Å². The topological polar surface area (TPSA) is 80.0 Å². The van der Waals surface area contributed by atoms with Crippen molar-refractivity contribution >= 4 is 33.8 Å². The Morgan fingerprint density at radius 1 is 1.65 bits per heavy atom. The molecule has 0 aliphatic carbocycles. The molecule has 17 heavy (non-hydrogen) atoms. The Morgan fingerprint density at radius 3 is 3.06 bits per heavy atom. The zero-order chi connectivity index (χ0) is 12.7. The normalized spacial score (nSPS) is 11.8. The second kappa shape index (κ2) is 7.18. The first kappa shape index (κ1) is 13.9. The smallest absolute Gasteiger partial charge is 0.166 e. The molecule has 1 unspecified atom stereocenters. The fourth-order valence-electron chi connectivity index (χ4n) is 1.16. The van der Waals surface area contributed by atoms with Gasteiger partial charge < -0.3 is 16.4 Å². The SMILES string of the molecule is CNC(=S)NCCS(=O)Cc1ncccc1N. The van der Waals surface area contributed by atoms with Crippen molar-refractivity contribution in [2.24, 2.45) is 0 Å². The summed E-state index contributed by atoms with van der Waals surface area (Å²) in [6.45, 7) is 0.568. The summed E-state index contributed by atoms with van der Waals surface area (Å²) in [5.74, 6) is 0.887. The Balaban J connectivity index is 2.35. The molecule has 0 saturated carbocycles. The monoisotopic (exact) mass is 272 g/mol. The average molecular weight is 272 g/mol. The van der Waals surface area contributed by atoms with Crippen LogP contribution in [0.5, 0.6) is 0 Å². The zero-order valence-corrected chi connectivity index (χ0v) is 11.2. The molecular weight excluding hydrogens is 256 g/mol. The van der Waals surface area contributed by atoms with Crippen molar-refractivity contribution < 1.29 is 4.21 Å². The van der Waals surface area contributed by atoms with Gasteiger partial charge in [0.25, 0.3) is 0 Å². The number of nitrogens with two attached hydrogens (primary N) is 1. The van der Waals surface area contributed by atoms with Crippen LogP contribution in [0.3, 0.4) is 0 Å². The maximum absolute atomic E-state index is 11.7. The van der Waals surface area contributed by atoms with Gasteiger partial charge in [-0.1, -0.05) is 0 Å². The molecule has 1 heterocycles. The van der Waals surface area contributed by atoms with Gasteiger partial charge in [-0.25, -0.2) is 0 Å². The lowest BCUT2D eigenvalue weighted by Crippen LogP contribution is -2.35. The first-order valence-electron chi connectivity index (χ1n) is 5.13. The van der Waals surface area contributed by atoms with Crippen LogP contribution < -0.4 is 16.4 Å². The first-order valence-corrected chi connectivity index (χ1v) is 7.03. The van der Waals surface area contributed by atoms with Crippen molar-refractivity contribution in [3.8, 4) is 0 Å². The van der Waals surface area contributed by atoms with Gasteiger partial charge in [-0.3, -0.25) is 9.19 Å². The Hall–Kier alpha value is -1.21. The van der Waals surface area contributed by atoms with E-state index in [-0.39, 0.29) is 0 Å². The molecule has 0 spiro atoms. The lowest BCUT2D eigenvalue weighted by Gasteiger charge is -2.07. The summed E-state index contributed by atoms with van der Waals surface area (Å²) in [6, 6.07) is 3.52. The summed E-state index contributed by atoms with van der Waals surface area (Å²) in [5, 5.41) is 6.28. The molecule has 1 aromatic heterocycles. The molecule has 0 radical (unpaired) electrons. The third kappa shape index (κ3) is 5.10. The molecule has 5 nitrogen and oxygen atoms in total. The number of hydrogen-bond donors (Lipinski definition) is 3. The number of nitrogens with one attached hydrogen (secondary N) is 2. The van der Waals surface area contributed by atoms with Crippen molar-refractivity contribution in [2.45, 2.75) is 5.75 Å². The van der Waals surface area contributed by atoms with Gasteiger partial charge in [0.15, 0.2) is 5.11 Å². The van der Waals surface area contributed by atoms with E-state index in [2.05, 4.69) is 15.6 Å². The predicted molar refractivity (Wildman–Crippen MR) is 75.0 cm³/mol. The van der Waals surface area contributed by atoms with E-state index in [1.807, 2.05) is 0 Å². The van der Waals surface area contributed by atoms with E-state index in [9.17, 15) is 4.21 Å². The highest BCUT2D eigenvalue weighted by atomic mass is 32.2. The van der Waals surface area contributed by atoms with Gasteiger partial charge >= 0.3 is 0 Å². The van der Waals surface area contributed by atoms with Crippen LogP contribution in [0.25, 0.3) is 0 Å². The molecule has 4 N–H and O–H groups in total. The van der Waals surface area contributed by atoms with Gasteiger partial charge in [-0.05, 0) is 24.4 Å². The summed E-state index contributed by atoms with van der Waals surface area (Å²) in [6.07, 6.45) is 1.65. The maximum atomic E-state index is 11.7. The molecule has 94 valence electrons. The van der Waals surface area contributed by atoms with Gasteiger partial charge in [0.2, 0.25) is 0 Å². The number of nitrogens with zero attached hydrogens (tertiary/aromatic N) is 1. The Morgan fingerprint density at radius 2 is 2.41 bits per heavy atom. The minimum atomic E-state index is -0.992. The highest BCUT2D eigenvalue weighted by Gasteiger charge is 2.05. The lowest BCUT2D eigenvalue weighted by molar-refractivity contribution is 0.680. The maximum Gasteiger partial charge on any atom is 0.166 e. The van der Waals surface area contributed by atoms with Gasteiger partial charge in [-0.2, -0.15) is 0 Å². The highest BCUT2D eigenvalue weighted by molar-refractivity contribution is 7.84. The van der Waals surface area contributed by atoms with Crippen LogP contribution in [0.15, 0.2) is 18.3 Å². The molecule has 0 bridgehead atoms. The van der Waals surface area contributed by atoms with Crippen molar-refractivity contribution in [3.05, 3.63) is 24.0 Å².